The van der Waals surface area contributed by atoms with Crippen LogP contribution in [-0.4, -0.2) is 13.1 Å². The highest BCUT2D eigenvalue weighted by Crippen LogP contribution is 2.19. The van der Waals surface area contributed by atoms with E-state index in [2.05, 4.69) is 10.1 Å². The standard InChI is InChI=1S/C14H11FN2O3/c1-19-14(18)12-5-2-9(15)6-13(12)17-8-11-4-3-10(7-16)20-11/h2-6,17H,8H2,1H3. The number of nitrogens with one attached hydrogen (secondary N) is 1. The lowest BCUT2D eigenvalue weighted by Crippen LogP contribution is -2.08. The van der Waals surface area contributed by atoms with E-state index in [1.807, 2.05) is 6.07 Å². The number of esters is 1. The van der Waals surface area contributed by atoms with Crippen LogP contribution in [0.4, 0.5) is 10.1 Å². The number of nitriles is 1. The summed E-state index contributed by atoms with van der Waals surface area (Å²) < 4.78 is 23.0. The van der Waals surface area contributed by atoms with Gasteiger partial charge in [0, 0.05) is 0 Å². The Balaban J connectivity index is 2.18. The summed E-state index contributed by atoms with van der Waals surface area (Å²) in [7, 11) is 1.25. The molecule has 102 valence electrons. The molecule has 1 aromatic heterocycles. The van der Waals surface area contributed by atoms with E-state index in [0.717, 1.165) is 0 Å². The van der Waals surface area contributed by atoms with Gasteiger partial charge in [-0.15, -0.1) is 0 Å². The third-order valence-corrected chi connectivity index (χ3v) is 2.61. The first-order valence-corrected chi connectivity index (χ1v) is 5.74. The number of halogens is 1. The summed E-state index contributed by atoms with van der Waals surface area (Å²) in [6.07, 6.45) is 0. The first-order chi connectivity index (χ1) is 9.63. The molecule has 0 atom stereocenters. The number of furan rings is 1. The van der Waals surface area contributed by atoms with Crippen molar-refractivity contribution in [2.45, 2.75) is 6.54 Å². The van der Waals surface area contributed by atoms with Gasteiger partial charge >= 0.3 is 5.97 Å². The van der Waals surface area contributed by atoms with E-state index in [-0.39, 0.29) is 17.9 Å². The Morgan fingerprint density at radius 1 is 1.45 bits per heavy atom. The zero-order valence-corrected chi connectivity index (χ0v) is 10.6. The van der Waals surface area contributed by atoms with E-state index in [9.17, 15) is 9.18 Å². The Morgan fingerprint density at radius 2 is 2.25 bits per heavy atom. The molecule has 0 saturated heterocycles. The second-order valence-corrected chi connectivity index (χ2v) is 3.91. The number of methoxy groups -OCH3 is 1. The van der Waals surface area contributed by atoms with Crippen molar-refractivity contribution in [3.05, 3.63) is 53.2 Å². The second-order valence-electron chi connectivity index (χ2n) is 3.91. The van der Waals surface area contributed by atoms with Crippen molar-refractivity contribution in [3.63, 3.8) is 0 Å². The van der Waals surface area contributed by atoms with Gasteiger partial charge in [-0.2, -0.15) is 5.26 Å². The summed E-state index contributed by atoms with van der Waals surface area (Å²) in [5.41, 5.74) is 0.521. The van der Waals surface area contributed by atoms with Gasteiger partial charge in [0.25, 0.3) is 0 Å². The molecule has 2 rings (SSSR count). The number of rotatable bonds is 4. The van der Waals surface area contributed by atoms with Crippen LogP contribution in [0, 0.1) is 17.1 Å². The van der Waals surface area contributed by atoms with Crippen molar-refractivity contribution in [2.75, 3.05) is 12.4 Å². The summed E-state index contributed by atoms with van der Waals surface area (Å²) in [6.45, 7) is 0.217. The molecule has 20 heavy (non-hydrogen) atoms. The van der Waals surface area contributed by atoms with Gasteiger partial charge < -0.3 is 14.5 Å². The number of benzene rings is 1. The van der Waals surface area contributed by atoms with E-state index in [1.54, 1.807) is 6.07 Å². The summed E-state index contributed by atoms with van der Waals surface area (Å²) in [6, 6.07) is 8.74. The zero-order chi connectivity index (χ0) is 14.5. The number of hydrogen-bond acceptors (Lipinski definition) is 5. The lowest BCUT2D eigenvalue weighted by molar-refractivity contribution is 0.0601. The van der Waals surface area contributed by atoms with Gasteiger partial charge in [-0.1, -0.05) is 0 Å². The van der Waals surface area contributed by atoms with Gasteiger partial charge in [-0.3, -0.25) is 0 Å². The van der Waals surface area contributed by atoms with Crippen molar-refractivity contribution in [1.82, 2.24) is 0 Å². The highest BCUT2D eigenvalue weighted by Gasteiger charge is 2.13. The first-order valence-electron chi connectivity index (χ1n) is 5.74. The van der Waals surface area contributed by atoms with Gasteiger partial charge in [0.15, 0.2) is 0 Å². The molecular formula is C14H11FN2O3. The van der Waals surface area contributed by atoms with E-state index in [4.69, 9.17) is 9.68 Å². The van der Waals surface area contributed by atoms with Gasteiger partial charge in [0.2, 0.25) is 5.76 Å². The minimum absolute atomic E-state index is 0.189. The maximum atomic E-state index is 13.2. The molecule has 0 bridgehead atoms. The molecule has 6 heteroatoms. The Kier molecular flexibility index (Phi) is 4.01. The molecule has 1 aromatic carbocycles. The smallest absolute Gasteiger partial charge is 0.339 e. The molecule has 0 fully saturated rings. The summed E-state index contributed by atoms with van der Waals surface area (Å²) in [5.74, 6) is -0.349. The van der Waals surface area contributed by atoms with E-state index in [1.165, 1.54) is 31.4 Å². The molecule has 0 saturated carbocycles. The average molecular weight is 274 g/mol. The van der Waals surface area contributed by atoms with E-state index >= 15 is 0 Å². The molecule has 0 amide bonds. The topological polar surface area (TPSA) is 75.3 Å². The molecule has 1 heterocycles. The van der Waals surface area contributed by atoms with Crippen LogP contribution in [0.25, 0.3) is 0 Å². The third-order valence-electron chi connectivity index (χ3n) is 2.61. The number of hydrogen-bond donors (Lipinski definition) is 1. The molecule has 2 aromatic rings. The van der Waals surface area contributed by atoms with Gasteiger partial charge in [0.1, 0.15) is 17.6 Å². The molecule has 0 spiro atoms. The number of anilines is 1. The van der Waals surface area contributed by atoms with Crippen LogP contribution in [0.5, 0.6) is 0 Å². The first kappa shape index (κ1) is 13.6. The Morgan fingerprint density at radius 3 is 2.90 bits per heavy atom. The quantitative estimate of drug-likeness (QED) is 0.867. The monoisotopic (exact) mass is 274 g/mol. The summed E-state index contributed by atoms with van der Waals surface area (Å²) >= 11 is 0. The molecule has 0 radical (unpaired) electrons. The second kappa shape index (κ2) is 5.89. The fourth-order valence-corrected chi connectivity index (χ4v) is 1.67. The molecule has 0 aliphatic heterocycles. The lowest BCUT2D eigenvalue weighted by Gasteiger charge is -2.09. The van der Waals surface area contributed by atoms with Gasteiger partial charge in [-0.25, -0.2) is 9.18 Å². The van der Waals surface area contributed by atoms with Crippen LogP contribution < -0.4 is 5.32 Å². The highest BCUT2D eigenvalue weighted by molar-refractivity contribution is 5.95. The van der Waals surface area contributed by atoms with Crippen LogP contribution >= 0.6 is 0 Å². The maximum Gasteiger partial charge on any atom is 0.339 e. The number of carbonyl (C=O) groups excluding carboxylic acids is 1. The molecule has 0 unspecified atom stereocenters. The Labute approximate surface area is 114 Å². The molecule has 0 aliphatic rings. The van der Waals surface area contributed by atoms with Crippen LogP contribution in [0.3, 0.4) is 0 Å². The normalized spacial score (nSPS) is 9.85. The highest BCUT2D eigenvalue weighted by atomic mass is 19.1. The predicted molar refractivity (Wildman–Crippen MR) is 68.5 cm³/mol. The predicted octanol–water partition coefficient (Wildman–Crippen LogP) is 2.69. The number of nitrogens with zero attached hydrogens (tertiary/aromatic N) is 1. The fourth-order valence-electron chi connectivity index (χ4n) is 1.67. The number of carbonyl (C=O) groups is 1. The SMILES string of the molecule is COC(=O)c1ccc(F)cc1NCc1ccc(C#N)o1. The van der Waals surface area contributed by atoms with E-state index in [0.29, 0.717) is 11.4 Å². The summed E-state index contributed by atoms with van der Waals surface area (Å²) in [5, 5.41) is 11.5. The van der Waals surface area contributed by atoms with Crippen LogP contribution in [-0.2, 0) is 11.3 Å². The van der Waals surface area contributed by atoms with Crippen molar-refractivity contribution in [3.8, 4) is 6.07 Å². The largest absolute Gasteiger partial charge is 0.465 e. The molecule has 0 aliphatic carbocycles. The molecular weight excluding hydrogens is 263 g/mol. The fraction of sp³-hybridized carbons (Fsp3) is 0.143. The van der Waals surface area contributed by atoms with Crippen molar-refractivity contribution < 1.29 is 18.3 Å². The van der Waals surface area contributed by atoms with Crippen LogP contribution in [0.2, 0.25) is 0 Å². The average Bonchev–Trinajstić information content (AvgIpc) is 2.92. The molecule has 1 N–H and O–H groups in total. The minimum Gasteiger partial charge on any atom is -0.465 e. The van der Waals surface area contributed by atoms with Crippen molar-refractivity contribution in [1.29, 1.82) is 5.26 Å². The minimum atomic E-state index is -0.565. The Hall–Kier alpha value is -2.81. The van der Waals surface area contributed by atoms with Crippen molar-refractivity contribution in [2.24, 2.45) is 0 Å². The summed E-state index contributed by atoms with van der Waals surface area (Å²) in [4.78, 5) is 11.6. The Bertz CT molecular complexity index is 673. The zero-order valence-electron chi connectivity index (χ0n) is 10.6. The van der Waals surface area contributed by atoms with Gasteiger partial charge in [0.05, 0.1) is 24.9 Å². The van der Waals surface area contributed by atoms with Crippen LogP contribution in [0.15, 0.2) is 34.7 Å². The lowest BCUT2D eigenvalue weighted by atomic mass is 10.1. The van der Waals surface area contributed by atoms with E-state index < -0.39 is 11.8 Å². The number of ether oxygens (including phenoxy) is 1. The third kappa shape index (κ3) is 2.95. The van der Waals surface area contributed by atoms with Gasteiger partial charge in [-0.05, 0) is 30.3 Å². The van der Waals surface area contributed by atoms with Crippen molar-refractivity contribution >= 4 is 11.7 Å². The van der Waals surface area contributed by atoms with Crippen LogP contribution in [0.1, 0.15) is 21.9 Å². The maximum absolute atomic E-state index is 13.2. The molecule has 5 nitrogen and oxygen atoms in total.